The van der Waals surface area contributed by atoms with Crippen LogP contribution in [0, 0.1) is 11.7 Å². The van der Waals surface area contributed by atoms with Crippen molar-refractivity contribution in [2.24, 2.45) is 5.92 Å². The molecule has 0 spiro atoms. The van der Waals surface area contributed by atoms with Crippen molar-refractivity contribution in [1.82, 2.24) is 14.8 Å². The predicted molar refractivity (Wildman–Crippen MR) is 118 cm³/mol. The Balaban J connectivity index is 1.33. The molecule has 1 N–H and O–H groups in total. The van der Waals surface area contributed by atoms with Crippen molar-refractivity contribution in [2.75, 3.05) is 19.6 Å². The Morgan fingerprint density at radius 2 is 1.75 bits per heavy atom. The minimum absolute atomic E-state index is 0.0314. The highest BCUT2D eigenvalue weighted by molar-refractivity contribution is 5.95. The van der Waals surface area contributed by atoms with Crippen molar-refractivity contribution in [2.45, 2.75) is 51.0 Å². The Kier molecular flexibility index (Phi) is 5.57. The molecular formula is C25H28FN3O3. The summed E-state index contributed by atoms with van der Waals surface area (Å²) in [5, 5.41) is 0. The Morgan fingerprint density at radius 1 is 0.969 bits per heavy atom. The number of hydrogen-bond acceptors (Lipinski definition) is 3. The molecule has 32 heavy (non-hydrogen) atoms. The molecule has 168 valence electrons. The molecule has 5 rings (SSSR count). The van der Waals surface area contributed by atoms with E-state index >= 15 is 0 Å². The van der Waals surface area contributed by atoms with Crippen LogP contribution in [0.15, 0.2) is 35.1 Å². The number of amides is 2. The van der Waals surface area contributed by atoms with Crippen LogP contribution in [0.25, 0.3) is 0 Å². The van der Waals surface area contributed by atoms with E-state index in [1.54, 1.807) is 0 Å². The maximum Gasteiger partial charge on any atom is 0.261 e. The van der Waals surface area contributed by atoms with Gasteiger partial charge in [0.25, 0.3) is 17.4 Å². The van der Waals surface area contributed by atoms with E-state index in [4.69, 9.17) is 0 Å². The molecule has 3 aliphatic rings. The van der Waals surface area contributed by atoms with Gasteiger partial charge in [0.15, 0.2) is 0 Å². The lowest BCUT2D eigenvalue weighted by Gasteiger charge is -2.47. The summed E-state index contributed by atoms with van der Waals surface area (Å²) >= 11 is 0. The fraction of sp³-hybridized carbons (Fsp3) is 0.480. The summed E-state index contributed by atoms with van der Waals surface area (Å²) in [5.74, 6) is -0.466. The fourth-order valence-electron chi connectivity index (χ4n) is 5.60. The maximum absolute atomic E-state index is 13.4. The second kappa shape index (κ2) is 8.52. The highest BCUT2D eigenvalue weighted by atomic mass is 19.1. The summed E-state index contributed by atoms with van der Waals surface area (Å²) in [6.07, 6.45) is 6.41. The van der Waals surface area contributed by atoms with Crippen LogP contribution in [-0.4, -0.2) is 52.3 Å². The largest absolute Gasteiger partial charge is 0.338 e. The van der Waals surface area contributed by atoms with E-state index in [9.17, 15) is 18.8 Å². The number of halogens is 1. The average Bonchev–Trinajstić information content (AvgIpc) is 2.82. The number of aryl methyl sites for hydroxylation is 2. The van der Waals surface area contributed by atoms with Crippen molar-refractivity contribution in [3.05, 3.63) is 68.9 Å². The molecule has 6 nitrogen and oxygen atoms in total. The fourth-order valence-corrected chi connectivity index (χ4v) is 5.60. The number of piperidine rings is 2. The zero-order valence-electron chi connectivity index (χ0n) is 18.1. The Labute approximate surface area is 186 Å². The Bertz CT molecular complexity index is 1090. The number of carbonyl (C=O) groups excluding carboxylic acids is 2. The summed E-state index contributed by atoms with van der Waals surface area (Å²) in [7, 11) is 0. The molecule has 0 unspecified atom stereocenters. The van der Waals surface area contributed by atoms with Gasteiger partial charge >= 0.3 is 0 Å². The van der Waals surface area contributed by atoms with Crippen LogP contribution < -0.4 is 5.56 Å². The number of aromatic nitrogens is 1. The quantitative estimate of drug-likeness (QED) is 0.784. The predicted octanol–water partition coefficient (Wildman–Crippen LogP) is 3.16. The smallest absolute Gasteiger partial charge is 0.261 e. The van der Waals surface area contributed by atoms with Crippen molar-refractivity contribution in [3.8, 4) is 0 Å². The van der Waals surface area contributed by atoms with Crippen molar-refractivity contribution < 1.29 is 14.0 Å². The third-order valence-electron chi connectivity index (χ3n) is 7.28. The molecule has 0 saturated carbocycles. The molecule has 2 saturated heterocycles. The van der Waals surface area contributed by atoms with Crippen molar-refractivity contribution in [3.63, 3.8) is 0 Å². The standard InChI is InChI=1S/C25H28FN3O3/c26-19-9-7-16(8-10-19)24(31)28-13-11-22-18(15-28)5-3-12-29(22)25(32)20-14-17-4-1-2-6-21(17)27-23(20)30/h7-10,14,18,22H,1-6,11-13,15H2,(H,27,30)/t18-,22+/m1/s1. The minimum Gasteiger partial charge on any atom is -0.338 e. The first-order chi connectivity index (χ1) is 15.5. The maximum atomic E-state index is 13.4. The molecule has 2 aliphatic heterocycles. The highest BCUT2D eigenvalue weighted by Crippen LogP contribution is 2.32. The minimum atomic E-state index is -0.362. The van der Waals surface area contributed by atoms with Crippen LogP contribution in [-0.2, 0) is 12.8 Å². The molecule has 3 heterocycles. The number of hydrogen-bond donors (Lipinski definition) is 1. The normalized spacial score (nSPS) is 22.8. The molecular weight excluding hydrogens is 409 g/mol. The lowest BCUT2D eigenvalue weighted by molar-refractivity contribution is 0.0196. The van der Waals surface area contributed by atoms with E-state index < -0.39 is 0 Å². The Morgan fingerprint density at radius 3 is 2.56 bits per heavy atom. The highest BCUT2D eigenvalue weighted by Gasteiger charge is 2.40. The number of nitrogens with one attached hydrogen (secondary N) is 1. The van der Waals surface area contributed by atoms with Gasteiger partial charge in [-0.25, -0.2) is 4.39 Å². The van der Waals surface area contributed by atoms with E-state index in [0.29, 0.717) is 31.6 Å². The molecule has 0 bridgehead atoms. The first-order valence-electron chi connectivity index (χ1n) is 11.6. The van der Waals surface area contributed by atoms with Crippen LogP contribution in [0.2, 0.25) is 0 Å². The number of pyridine rings is 1. The molecule has 1 aromatic heterocycles. The van der Waals surface area contributed by atoms with Gasteiger partial charge in [-0.3, -0.25) is 14.4 Å². The first-order valence-corrected chi connectivity index (χ1v) is 11.6. The topological polar surface area (TPSA) is 73.5 Å². The number of carbonyl (C=O) groups is 2. The summed E-state index contributed by atoms with van der Waals surface area (Å²) in [5.41, 5.74) is 2.50. The van der Waals surface area contributed by atoms with Crippen LogP contribution in [0.3, 0.4) is 0 Å². The van der Waals surface area contributed by atoms with Crippen molar-refractivity contribution >= 4 is 11.8 Å². The van der Waals surface area contributed by atoms with E-state index in [1.807, 2.05) is 15.9 Å². The monoisotopic (exact) mass is 437 g/mol. The molecule has 2 fully saturated rings. The van der Waals surface area contributed by atoms with Crippen LogP contribution in [0.4, 0.5) is 4.39 Å². The molecule has 7 heteroatoms. The van der Waals surface area contributed by atoms with E-state index in [-0.39, 0.29) is 40.7 Å². The van der Waals surface area contributed by atoms with E-state index in [0.717, 1.165) is 49.8 Å². The zero-order chi connectivity index (χ0) is 22.2. The number of rotatable bonds is 2. The van der Waals surface area contributed by atoms with Gasteiger partial charge in [-0.05, 0) is 86.8 Å². The van der Waals surface area contributed by atoms with Gasteiger partial charge in [0, 0.05) is 36.9 Å². The van der Waals surface area contributed by atoms with Crippen molar-refractivity contribution in [1.29, 1.82) is 0 Å². The summed E-state index contributed by atoms with van der Waals surface area (Å²) in [6, 6.07) is 7.48. The third-order valence-corrected chi connectivity index (χ3v) is 7.28. The van der Waals surface area contributed by atoms with Gasteiger partial charge < -0.3 is 14.8 Å². The third kappa shape index (κ3) is 3.85. The molecule has 1 aromatic carbocycles. The van der Waals surface area contributed by atoms with Crippen LogP contribution in [0.1, 0.15) is 64.1 Å². The molecule has 2 amide bonds. The number of likely N-dealkylation sites (tertiary alicyclic amines) is 2. The first kappa shape index (κ1) is 20.9. The van der Waals surface area contributed by atoms with Crippen LogP contribution >= 0.6 is 0 Å². The van der Waals surface area contributed by atoms with Crippen LogP contribution in [0.5, 0.6) is 0 Å². The molecule has 2 aromatic rings. The second-order valence-corrected chi connectivity index (χ2v) is 9.24. The number of H-pyrrole nitrogens is 1. The lowest BCUT2D eigenvalue weighted by atomic mass is 9.83. The summed E-state index contributed by atoms with van der Waals surface area (Å²) in [4.78, 5) is 45.6. The number of aromatic amines is 1. The Hall–Kier alpha value is -2.96. The average molecular weight is 438 g/mol. The summed E-state index contributed by atoms with van der Waals surface area (Å²) in [6.45, 7) is 1.76. The van der Waals surface area contributed by atoms with E-state index in [2.05, 4.69) is 4.98 Å². The number of fused-ring (bicyclic) bond motifs is 2. The van der Waals surface area contributed by atoms with E-state index in [1.165, 1.54) is 24.3 Å². The number of benzene rings is 1. The summed E-state index contributed by atoms with van der Waals surface area (Å²) < 4.78 is 13.2. The van der Waals surface area contributed by atoms with Gasteiger partial charge in [0.1, 0.15) is 11.4 Å². The molecule has 0 radical (unpaired) electrons. The zero-order valence-corrected chi connectivity index (χ0v) is 18.1. The molecule has 1 aliphatic carbocycles. The second-order valence-electron chi connectivity index (χ2n) is 9.24. The molecule has 2 atom stereocenters. The van der Waals surface area contributed by atoms with Gasteiger partial charge in [0.2, 0.25) is 0 Å². The van der Waals surface area contributed by atoms with Gasteiger partial charge in [-0.15, -0.1) is 0 Å². The number of nitrogens with zero attached hydrogens (tertiary/aromatic N) is 2. The van der Waals surface area contributed by atoms with Gasteiger partial charge in [0.05, 0.1) is 0 Å². The van der Waals surface area contributed by atoms with Gasteiger partial charge in [-0.1, -0.05) is 0 Å². The van der Waals surface area contributed by atoms with Gasteiger partial charge in [-0.2, -0.15) is 0 Å². The lowest BCUT2D eigenvalue weighted by Crippen LogP contribution is -2.57. The SMILES string of the molecule is O=C(c1ccc(F)cc1)N1CC[C@H]2[C@H](CCCN2C(=O)c2cc3c([nH]c2=O)CCCC3)C1.